The fraction of sp³-hybridized carbons (Fsp3) is 0.692. The Kier molecular flexibility index (Phi) is 5.66. The Labute approximate surface area is 114 Å². The number of nitrogens with one attached hydrogen (secondary N) is 1. The van der Waals surface area contributed by atoms with Crippen LogP contribution >= 0.6 is 11.6 Å². The van der Waals surface area contributed by atoms with Crippen LogP contribution in [-0.4, -0.2) is 28.5 Å². The molecule has 0 spiro atoms. The van der Waals surface area contributed by atoms with Gasteiger partial charge in [-0.15, -0.1) is 11.6 Å². The lowest BCUT2D eigenvalue weighted by Gasteiger charge is -2.22. The number of halogens is 1. The number of rotatable bonds is 6. The number of alkyl halides is 1. The Morgan fingerprint density at radius 2 is 2.11 bits per heavy atom. The molecule has 1 aromatic rings. The summed E-state index contributed by atoms with van der Waals surface area (Å²) in [5, 5.41) is 3.28. The van der Waals surface area contributed by atoms with Crippen molar-refractivity contribution in [1.29, 1.82) is 0 Å². The molecule has 0 aliphatic rings. The van der Waals surface area contributed by atoms with E-state index < -0.39 is 0 Å². The van der Waals surface area contributed by atoms with Gasteiger partial charge in [-0.05, 0) is 18.8 Å². The molecule has 4 nitrogen and oxygen atoms in total. The minimum atomic E-state index is 0.0792. The molecule has 1 aromatic heterocycles. The third-order valence-corrected chi connectivity index (χ3v) is 2.58. The molecule has 0 aliphatic carbocycles. The summed E-state index contributed by atoms with van der Waals surface area (Å²) in [4.78, 5) is 8.14. The first kappa shape index (κ1) is 15.0. The first-order valence-electron chi connectivity index (χ1n) is 6.23. The molecule has 0 bridgehead atoms. The highest BCUT2D eigenvalue weighted by molar-refractivity contribution is 6.20. The van der Waals surface area contributed by atoms with Gasteiger partial charge in [0, 0.05) is 12.6 Å². The van der Waals surface area contributed by atoms with Crippen LogP contribution in [0.25, 0.3) is 0 Å². The van der Waals surface area contributed by atoms with E-state index in [4.69, 9.17) is 16.3 Å². The fourth-order valence-electron chi connectivity index (χ4n) is 1.61. The number of hydrogen-bond donors (Lipinski definition) is 1. The van der Waals surface area contributed by atoms with Crippen molar-refractivity contribution in [2.45, 2.75) is 39.5 Å². The van der Waals surface area contributed by atoms with Crippen molar-refractivity contribution in [2.75, 3.05) is 18.5 Å². The summed E-state index contributed by atoms with van der Waals surface area (Å²) >= 11 is 6.28. The molecule has 1 rings (SSSR count). The lowest BCUT2D eigenvalue weighted by molar-refractivity contribution is 0.326. The van der Waals surface area contributed by atoms with Crippen LogP contribution in [0.5, 0.6) is 5.88 Å². The minimum Gasteiger partial charge on any atom is -0.478 e. The lowest BCUT2D eigenvalue weighted by atomic mass is 9.90. The van der Waals surface area contributed by atoms with Gasteiger partial charge in [0.2, 0.25) is 5.88 Å². The third kappa shape index (κ3) is 6.05. The van der Waals surface area contributed by atoms with Crippen LogP contribution < -0.4 is 10.1 Å². The molecule has 0 saturated carbocycles. The predicted octanol–water partition coefficient (Wildman–Crippen LogP) is 3.33. The van der Waals surface area contributed by atoms with Gasteiger partial charge in [0.1, 0.15) is 12.1 Å². The summed E-state index contributed by atoms with van der Waals surface area (Å²) < 4.78 is 5.31. The molecule has 0 amide bonds. The van der Waals surface area contributed by atoms with E-state index in [-0.39, 0.29) is 10.8 Å². The van der Waals surface area contributed by atoms with Crippen LogP contribution in [0.2, 0.25) is 0 Å². The zero-order valence-corrected chi connectivity index (χ0v) is 12.3. The summed E-state index contributed by atoms with van der Waals surface area (Å²) in [5.74, 6) is 1.32. The number of nitrogens with zero attached hydrogens (tertiary/aromatic N) is 2. The Morgan fingerprint density at radius 1 is 1.39 bits per heavy atom. The van der Waals surface area contributed by atoms with Gasteiger partial charge in [-0.3, -0.25) is 0 Å². The summed E-state index contributed by atoms with van der Waals surface area (Å²) in [6, 6.07) is 1.78. The molecule has 1 heterocycles. The molecule has 0 aromatic carbocycles. The van der Waals surface area contributed by atoms with Gasteiger partial charge < -0.3 is 10.1 Å². The van der Waals surface area contributed by atoms with Gasteiger partial charge >= 0.3 is 0 Å². The van der Waals surface area contributed by atoms with Crippen molar-refractivity contribution in [3.05, 3.63) is 12.4 Å². The van der Waals surface area contributed by atoms with Crippen LogP contribution in [0.1, 0.15) is 34.1 Å². The summed E-state index contributed by atoms with van der Waals surface area (Å²) in [5.41, 5.74) is 0.232. The minimum absolute atomic E-state index is 0.0792. The molecular formula is C13H22ClN3O. The molecule has 0 fully saturated rings. The Bertz CT molecular complexity index is 365. The van der Waals surface area contributed by atoms with Crippen molar-refractivity contribution < 1.29 is 4.74 Å². The summed E-state index contributed by atoms with van der Waals surface area (Å²) in [6.07, 6.45) is 2.44. The van der Waals surface area contributed by atoms with E-state index in [2.05, 4.69) is 36.1 Å². The van der Waals surface area contributed by atoms with Gasteiger partial charge in [-0.2, -0.15) is 0 Å². The van der Waals surface area contributed by atoms with E-state index in [9.17, 15) is 0 Å². The average molecular weight is 272 g/mol. The van der Waals surface area contributed by atoms with E-state index in [1.165, 1.54) is 6.33 Å². The molecule has 1 N–H and O–H groups in total. The number of aromatic nitrogens is 2. The van der Waals surface area contributed by atoms with Gasteiger partial charge in [-0.25, -0.2) is 9.97 Å². The largest absolute Gasteiger partial charge is 0.478 e. The number of hydrogen-bond acceptors (Lipinski definition) is 4. The van der Waals surface area contributed by atoms with E-state index in [0.29, 0.717) is 19.0 Å². The average Bonchev–Trinajstić information content (AvgIpc) is 2.25. The zero-order valence-electron chi connectivity index (χ0n) is 11.5. The van der Waals surface area contributed by atoms with Crippen molar-refractivity contribution in [2.24, 2.45) is 5.41 Å². The second kappa shape index (κ2) is 6.78. The van der Waals surface area contributed by atoms with Gasteiger partial charge in [-0.1, -0.05) is 20.8 Å². The molecule has 102 valence electrons. The highest BCUT2D eigenvalue weighted by Gasteiger charge is 2.16. The topological polar surface area (TPSA) is 47.0 Å². The zero-order chi connectivity index (χ0) is 13.6. The normalized spacial score (nSPS) is 13.2. The van der Waals surface area contributed by atoms with E-state index in [1.807, 2.05) is 6.92 Å². The molecular weight excluding hydrogens is 250 g/mol. The lowest BCUT2D eigenvalue weighted by Crippen LogP contribution is -2.21. The Balaban J connectivity index is 2.45. The fourth-order valence-corrected chi connectivity index (χ4v) is 2.15. The van der Waals surface area contributed by atoms with Crippen molar-refractivity contribution >= 4 is 17.4 Å². The quantitative estimate of drug-likeness (QED) is 0.806. The van der Waals surface area contributed by atoms with Gasteiger partial charge in [0.25, 0.3) is 0 Å². The van der Waals surface area contributed by atoms with Crippen LogP contribution in [-0.2, 0) is 0 Å². The van der Waals surface area contributed by atoms with E-state index >= 15 is 0 Å². The van der Waals surface area contributed by atoms with Crippen molar-refractivity contribution in [1.82, 2.24) is 9.97 Å². The maximum atomic E-state index is 6.28. The third-order valence-electron chi connectivity index (χ3n) is 2.27. The van der Waals surface area contributed by atoms with Gasteiger partial charge in [0.15, 0.2) is 0 Å². The molecule has 5 heteroatoms. The van der Waals surface area contributed by atoms with Crippen molar-refractivity contribution in [3.63, 3.8) is 0 Å². The SMILES string of the molecule is CCOc1cc(NCC(Cl)CC(C)(C)C)ncn1. The first-order valence-corrected chi connectivity index (χ1v) is 6.67. The molecule has 18 heavy (non-hydrogen) atoms. The highest BCUT2D eigenvalue weighted by Crippen LogP contribution is 2.23. The Hall–Kier alpha value is -1.03. The standard InChI is InChI=1S/C13H22ClN3O/c1-5-18-12-6-11(16-9-17-12)15-8-10(14)7-13(2,3)4/h6,9-10H,5,7-8H2,1-4H3,(H,15,16,17). The molecule has 0 radical (unpaired) electrons. The predicted molar refractivity (Wildman–Crippen MR) is 75.4 cm³/mol. The maximum Gasteiger partial charge on any atom is 0.218 e. The number of anilines is 1. The first-order chi connectivity index (χ1) is 8.40. The second-order valence-corrected chi connectivity index (χ2v) is 6.03. The van der Waals surface area contributed by atoms with E-state index in [1.54, 1.807) is 6.07 Å². The van der Waals surface area contributed by atoms with Crippen molar-refractivity contribution in [3.8, 4) is 5.88 Å². The smallest absolute Gasteiger partial charge is 0.218 e. The summed E-state index contributed by atoms with van der Waals surface area (Å²) in [6.45, 7) is 9.74. The van der Waals surface area contributed by atoms with Crippen LogP contribution in [0.3, 0.4) is 0 Å². The monoisotopic (exact) mass is 271 g/mol. The van der Waals surface area contributed by atoms with Crippen LogP contribution in [0.15, 0.2) is 12.4 Å². The molecule has 0 aliphatic heterocycles. The molecule has 0 saturated heterocycles. The van der Waals surface area contributed by atoms with Gasteiger partial charge in [0.05, 0.1) is 12.0 Å². The number of ether oxygens (including phenoxy) is 1. The molecule has 1 atom stereocenters. The summed E-state index contributed by atoms with van der Waals surface area (Å²) in [7, 11) is 0. The van der Waals surface area contributed by atoms with E-state index in [0.717, 1.165) is 12.2 Å². The Morgan fingerprint density at radius 3 is 2.72 bits per heavy atom. The maximum absolute atomic E-state index is 6.28. The highest BCUT2D eigenvalue weighted by atomic mass is 35.5. The molecule has 1 unspecified atom stereocenters. The second-order valence-electron chi connectivity index (χ2n) is 5.42. The van der Waals surface area contributed by atoms with Crippen LogP contribution in [0, 0.1) is 5.41 Å². The van der Waals surface area contributed by atoms with Crippen LogP contribution in [0.4, 0.5) is 5.82 Å².